The van der Waals surface area contributed by atoms with Crippen molar-refractivity contribution in [2.24, 2.45) is 0 Å². The van der Waals surface area contributed by atoms with Crippen molar-refractivity contribution >= 4 is 27.5 Å². The van der Waals surface area contributed by atoms with Gasteiger partial charge in [0.05, 0.1) is 17.2 Å². The van der Waals surface area contributed by atoms with Crippen LogP contribution in [0.1, 0.15) is 28.5 Å². The molecule has 0 saturated carbocycles. The van der Waals surface area contributed by atoms with Gasteiger partial charge >= 0.3 is 0 Å². The van der Waals surface area contributed by atoms with Gasteiger partial charge in [-0.05, 0) is 69.3 Å². The van der Waals surface area contributed by atoms with Crippen LogP contribution >= 0.6 is 0 Å². The van der Waals surface area contributed by atoms with E-state index in [0.29, 0.717) is 34.9 Å². The summed E-state index contributed by atoms with van der Waals surface area (Å²) in [6.45, 7) is 5.86. The predicted molar refractivity (Wildman–Crippen MR) is 109 cm³/mol. The number of sulfonamides is 1. The fourth-order valence-electron chi connectivity index (χ4n) is 2.48. The molecule has 2 N–H and O–H groups in total. The van der Waals surface area contributed by atoms with Gasteiger partial charge in [0.15, 0.2) is 0 Å². The molecule has 0 fully saturated rings. The molecule has 152 valence electrons. The Bertz CT molecular complexity index is 1100. The number of hydrogen-bond acceptors (Lipinski definition) is 6. The van der Waals surface area contributed by atoms with Gasteiger partial charge in [0.1, 0.15) is 5.75 Å². The highest BCUT2D eigenvalue weighted by Crippen LogP contribution is 2.23. The predicted octanol–water partition coefficient (Wildman–Crippen LogP) is 3.74. The third-order valence-electron chi connectivity index (χ3n) is 4.23. The standard InChI is InChI=1S/C20H21N3O5S/c1-4-27-17-9-5-15(6-10-17)19(24)21-16-7-11-18(12-8-16)29(25,26)23-20-13(2)14(3)22-28-20/h5-12,23H,4H2,1-3H3,(H,21,24). The van der Waals surface area contributed by atoms with Crippen LogP contribution in [0.5, 0.6) is 5.75 Å². The molecular weight excluding hydrogens is 394 g/mol. The number of rotatable bonds is 7. The molecule has 9 heteroatoms. The van der Waals surface area contributed by atoms with Crippen molar-refractivity contribution in [2.75, 3.05) is 16.6 Å². The van der Waals surface area contributed by atoms with E-state index in [1.54, 1.807) is 38.1 Å². The molecule has 0 unspecified atom stereocenters. The lowest BCUT2D eigenvalue weighted by molar-refractivity contribution is 0.102. The number of aromatic nitrogens is 1. The van der Waals surface area contributed by atoms with Crippen LogP contribution in [0.3, 0.4) is 0 Å². The number of amides is 1. The van der Waals surface area contributed by atoms with Gasteiger partial charge < -0.3 is 14.6 Å². The zero-order chi connectivity index (χ0) is 21.0. The van der Waals surface area contributed by atoms with Gasteiger partial charge in [-0.2, -0.15) is 0 Å². The topological polar surface area (TPSA) is 111 Å². The van der Waals surface area contributed by atoms with Crippen LogP contribution < -0.4 is 14.8 Å². The van der Waals surface area contributed by atoms with E-state index in [1.165, 1.54) is 24.3 Å². The van der Waals surface area contributed by atoms with Crippen LogP contribution in [0.2, 0.25) is 0 Å². The van der Waals surface area contributed by atoms with Gasteiger partial charge in [-0.15, -0.1) is 0 Å². The second-order valence-corrected chi connectivity index (χ2v) is 7.95. The van der Waals surface area contributed by atoms with Crippen molar-refractivity contribution in [3.8, 4) is 5.75 Å². The largest absolute Gasteiger partial charge is 0.494 e. The van der Waals surface area contributed by atoms with E-state index in [0.717, 1.165) is 0 Å². The lowest BCUT2D eigenvalue weighted by Crippen LogP contribution is -2.14. The highest BCUT2D eigenvalue weighted by Gasteiger charge is 2.19. The first-order valence-corrected chi connectivity index (χ1v) is 10.4. The molecule has 0 atom stereocenters. The van der Waals surface area contributed by atoms with E-state index < -0.39 is 10.0 Å². The first kappa shape index (κ1) is 20.4. The van der Waals surface area contributed by atoms with Crippen LogP contribution in [0.4, 0.5) is 11.6 Å². The maximum atomic E-state index is 12.5. The highest BCUT2D eigenvalue weighted by molar-refractivity contribution is 7.92. The maximum Gasteiger partial charge on any atom is 0.264 e. The second kappa shape index (κ2) is 8.36. The molecule has 29 heavy (non-hydrogen) atoms. The van der Waals surface area contributed by atoms with Gasteiger partial charge in [0, 0.05) is 16.8 Å². The minimum atomic E-state index is -3.84. The van der Waals surface area contributed by atoms with Crippen LogP contribution in [0.25, 0.3) is 0 Å². The molecule has 0 spiro atoms. The molecule has 2 aromatic carbocycles. The average Bonchev–Trinajstić information content (AvgIpc) is 3.01. The summed E-state index contributed by atoms with van der Waals surface area (Å²) in [5.74, 6) is 0.452. The summed E-state index contributed by atoms with van der Waals surface area (Å²) >= 11 is 0. The number of anilines is 2. The summed E-state index contributed by atoms with van der Waals surface area (Å²) in [5.41, 5.74) is 2.15. The molecule has 8 nitrogen and oxygen atoms in total. The molecule has 1 amide bonds. The number of carbonyl (C=O) groups is 1. The van der Waals surface area contributed by atoms with Crippen LogP contribution in [-0.4, -0.2) is 26.1 Å². The molecule has 3 rings (SSSR count). The molecule has 0 radical (unpaired) electrons. The SMILES string of the molecule is CCOc1ccc(C(=O)Nc2ccc(S(=O)(=O)Nc3onc(C)c3C)cc2)cc1. The normalized spacial score (nSPS) is 11.1. The van der Waals surface area contributed by atoms with E-state index in [1.807, 2.05) is 6.92 Å². The third kappa shape index (κ3) is 4.75. The summed E-state index contributed by atoms with van der Waals surface area (Å²) in [6, 6.07) is 12.6. The second-order valence-electron chi connectivity index (χ2n) is 6.26. The zero-order valence-electron chi connectivity index (χ0n) is 16.2. The summed E-state index contributed by atoms with van der Waals surface area (Å²) < 4.78 is 37.7. The van der Waals surface area contributed by atoms with Crippen molar-refractivity contribution in [3.63, 3.8) is 0 Å². The first-order chi connectivity index (χ1) is 13.8. The number of hydrogen-bond donors (Lipinski definition) is 2. The van der Waals surface area contributed by atoms with Gasteiger partial charge in [0.25, 0.3) is 15.9 Å². The minimum Gasteiger partial charge on any atom is -0.494 e. The number of ether oxygens (including phenoxy) is 1. The lowest BCUT2D eigenvalue weighted by Gasteiger charge is -2.09. The molecule has 1 aromatic heterocycles. The van der Waals surface area contributed by atoms with Crippen LogP contribution in [-0.2, 0) is 10.0 Å². The third-order valence-corrected chi connectivity index (χ3v) is 5.58. The van der Waals surface area contributed by atoms with Crippen LogP contribution in [0.15, 0.2) is 57.9 Å². The zero-order valence-corrected chi connectivity index (χ0v) is 17.0. The summed E-state index contributed by atoms with van der Waals surface area (Å²) in [7, 11) is -3.84. The monoisotopic (exact) mass is 415 g/mol. The number of nitrogens with one attached hydrogen (secondary N) is 2. The number of carbonyl (C=O) groups excluding carboxylic acids is 1. The Morgan fingerprint density at radius 2 is 1.72 bits per heavy atom. The van der Waals surface area contributed by atoms with Crippen molar-refractivity contribution in [3.05, 3.63) is 65.4 Å². The molecule has 0 aliphatic heterocycles. The Labute approximate surface area is 168 Å². The molecular formula is C20H21N3O5S. The molecule has 3 aromatic rings. The molecule has 0 aliphatic rings. The van der Waals surface area contributed by atoms with Crippen molar-refractivity contribution in [2.45, 2.75) is 25.7 Å². The van der Waals surface area contributed by atoms with E-state index in [9.17, 15) is 13.2 Å². The van der Waals surface area contributed by atoms with Gasteiger partial charge in [-0.25, -0.2) is 13.1 Å². The van der Waals surface area contributed by atoms with Crippen molar-refractivity contribution in [1.29, 1.82) is 0 Å². The maximum absolute atomic E-state index is 12.5. The van der Waals surface area contributed by atoms with Crippen molar-refractivity contribution < 1.29 is 22.5 Å². The Hall–Kier alpha value is -3.33. The Balaban J connectivity index is 1.69. The fraction of sp³-hybridized carbons (Fsp3) is 0.200. The number of aryl methyl sites for hydroxylation is 1. The van der Waals surface area contributed by atoms with E-state index >= 15 is 0 Å². The summed E-state index contributed by atoms with van der Waals surface area (Å²) in [5, 5.41) is 6.45. The first-order valence-electron chi connectivity index (χ1n) is 8.90. The lowest BCUT2D eigenvalue weighted by atomic mass is 10.2. The fourth-order valence-corrected chi connectivity index (χ4v) is 3.53. The van der Waals surface area contributed by atoms with E-state index in [2.05, 4.69) is 15.2 Å². The van der Waals surface area contributed by atoms with Crippen LogP contribution in [0, 0.1) is 13.8 Å². The van der Waals surface area contributed by atoms with E-state index in [4.69, 9.17) is 9.26 Å². The Kier molecular flexibility index (Phi) is 5.88. The summed E-state index contributed by atoms with van der Waals surface area (Å²) in [6.07, 6.45) is 0. The Morgan fingerprint density at radius 1 is 1.07 bits per heavy atom. The highest BCUT2D eigenvalue weighted by atomic mass is 32.2. The van der Waals surface area contributed by atoms with Crippen molar-refractivity contribution in [1.82, 2.24) is 5.16 Å². The molecule has 1 heterocycles. The Morgan fingerprint density at radius 3 is 2.28 bits per heavy atom. The average molecular weight is 415 g/mol. The molecule has 0 bridgehead atoms. The smallest absolute Gasteiger partial charge is 0.264 e. The number of nitrogens with zero attached hydrogens (tertiary/aromatic N) is 1. The van der Waals surface area contributed by atoms with E-state index in [-0.39, 0.29) is 16.7 Å². The van der Waals surface area contributed by atoms with Gasteiger partial charge in [-0.3, -0.25) is 4.79 Å². The molecule has 0 saturated heterocycles. The summed E-state index contributed by atoms with van der Waals surface area (Å²) in [4.78, 5) is 12.4. The molecule has 0 aliphatic carbocycles. The number of benzene rings is 2. The van der Waals surface area contributed by atoms with Gasteiger partial charge in [0.2, 0.25) is 5.88 Å². The van der Waals surface area contributed by atoms with Gasteiger partial charge in [-0.1, -0.05) is 5.16 Å². The quantitative estimate of drug-likeness (QED) is 0.608. The minimum absolute atomic E-state index is 0.0324.